The number of nitrogens with zero attached hydrogens (tertiary/aromatic N) is 2. The molecule has 0 amide bonds. The van der Waals surface area contributed by atoms with Crippen molar-refractivity contribution in [3.63, 3.8) is 0 Å². The van der Waals surface area contributed by atoms with Crippen LogP contribution in [0.1, 0.15) is 24.0 Å². The van der Waals surface area contributed by atoms with E-state index in [1.807, 2.05) is 18.2 Å². The van der Waals surface area contributed by atoms with Crippen molar-refractivity contribution in [3.8, 4) is 0 Å². The van der Waals surface area contributed by atoms with Crippen LogP contribution in [0.5, 0.6) is 0 Å². The molecule has 0 aromatic heterocycles. The van der Waals surface area contributed by atoms with E-state index in [2.05, 4.69) is 14.6 Å². The number of nitrogens with one attached hydrogen (secondary N) is 1. The number of fused-ring (bicyclic) bond motifs is 1. The predicted octanol–water partition coefficient (Wildman–Crippen LogP) is 2.53. The first kappa shape index (κ1) is 17.2. The van der Waals surface area contributed by atoms with Gasteiger partial charge in [-0.05, 0) is 42.7 Å². The minimum atomic E-state index is -3.48. The van der Waals surface area contributed by atoms with Crippen molar-refractivity contribution in [3.05, 3.63) is 65.5 Å². The van der Waals surface area contributed by atoms with E-state index < -0.39 is 10.0 Å². The van der Waals surface area contributed by atoms with Crippen LogP contribution in [-0.4, -0.2) is 38.3 Å². The molecule has 0 bridgehead atoms. The molecule has 1 fully saturated rings. The van der Waals surface area contributed by atoms with Gasteiger partial charge < -0.3 is 0 Å². The van der Waals surface area contributed by atoms with Gasteiger partial charge in [-0.15, -0.1) is 0 Å². The summed E-state index contributed by atoms with van der Waals surface area (Å²) < 4.78 is 39.9. The first-order valence-corrected chi connectivity index (χ1v) is 10.2. The second kappa shape index (κ2) is 6.81. The molecule has 0 aliphatic carbocycles. The molecule has 2 aromatic carbocycles. The van der Waals surface area contributed by atoms with Gasteiger partial charge in [0, 0.05) is 25.2 Å². The van der Waals surface area contributed by atoms with Crippen molar-refractivity contribution < 1.29 is 12.8 Å². The Labute approximate surface area is 152 Å². The number of halogens is 1. The largest absolute Gasteiger partial charge is 0.299 e. The number of aliphatic imine (C=N–C) groups is 1. The summed E-state index contributed by atoms with van der Waals surface area (Å²) in [7, 11) is -3.48. The molecular weight excluding hydrogens is 353 g/mol. The zero-order valence-electron chi connectivity index (χ0n) is 14.2. The van der Waals surface area contributed by atoms with Crippen LogP contribution in [0.3, 0.4) is 0 Å². The Hall–Kier alpha value is -2.25. The fraction of sp³-hybridized carbons (Fsp3) is 0.316. The van der Waals surface area contributed by atoms with E-state index in [-0.39, 0.29) is 11.9 Å². The number of sulfonamides is 1. The third-order valence-electron chi connectivity index (χ3n) is 4.85. The molecule has 5 nitrogen and oxygen atoms in total. The summed E-state index contributed by atoms with van der Waals surface area (Å²) in [6.07, 6.45) is 1.74. The smallest absolute Gasteiger partial charge is 0.263 e. The number of amidine groups is 1. The van der Waals surface area contributed by atoms with Crippen molar-refractivity contribution in [2.75, 3.05) is 13.1 Å². The Balaban J connectivity index is 1.41. The molecule has 26 heavy (non-hydrogen) atoms. The number of rotatable bonds is 3. The molecule has 0 spiro atoms. The number of likely N-dealkylation sites (tertiary alicyclic amines) is 1. The third-order valence-corrected chi connectivity index (χ3v) is 6.25. The number of hydrogen-bond acceptors (Lipinski definition) is 4. The Morgan fingerprint density at radius 2 is 1.77 bits per heavy atom. The molecule has 1 saturated heterocycles. The van der Waals surface area contributed by atoms with Crippen LogP contribution in [0, 0.1) is 5.82 Å². The fourth-order valence-corrected chi connectivity index (χ4v) is 4.71. The van der Waals surface area contributed by atoms with Gasteiger partial charge in [0.1, 0.15) is 11.7 Å². The molecule has 136 valence electrons. The molecule has 2 aromatic rings. The highest BCUT2D eigenvalue weighted by atomic mass is 32.2. The molecule has 2 aliphatic rings. The lowest BCUT2D eigenvalue weighted by atomic mass is 10.0. The maximum atomic E-state index is 13.0. The fourth-order valence-electron chi connectivity index (χ4n) is 3.47. The highest BCUT2D eigenvalue weighted by Gasteiger charge is 2.31. The molecule has 4 rings (SSSR count). The van der Waals surface area contributed by atoms with E-state index >= 15 is 0 Å². The third kappa shape index (κ3) is 3.50. The first-order chi connectivity index (χ1) is 12.5. The van der Waals surface area contributed by atoms with Gasteiger partial charge in [0.25, 0.3) is 10.0 Å². The average Bonchev–Trinajstić information content (AvgIpc) is 2.89. The molecule has 1 N–H and O–H groups in total. The van der Waals surface area contributed by atoms with Gasteiger partial charge in [-0.3, -0.25) is 14.6 Å². The van der Waals surface area contributed by atoms with Crippen LogP contribution in [0.15, 0.2) is 58.4 Å². The quantitative estimate of drug-likeness (QED) is 0.899. The van der Waals surface area contributed by atoms with Crippen LogP contribution >= 0.6 is 0 Å². The van der Waals surface area contributed by atoms with Crippen molar-refractivity contribution in [2.24, 2.45) is 4.99 Å². The van der Waals surface area contributed by atoms with Crippen molar-refractivity contribution in [1.29, 1.82) is 0 Å². The SMILES string of the molecule is O=S1(=O)NC(=NC2CCN(Cc3ccc(F)cc3)CC2)c2ccccc21. The van der Waals surface area contributed by atoms with Crippen LogP contribution in [0.2, 0.25) is 0 Å². The van der Waals surface area contributed by atoms with Crippen LogP contribution in [0.25, 0.3) is 0 Å². The summed E-state index contributed by atoms with van der Waals surface area (Å²) in [5, 5.41) is 0. The van der Waals surface area contributed by atoms with E-state index in [4.69, 9.17) is 0 Å². The molecule has 0 unspecified atom stereocenters. The van der Waals surface area contributed by atoms with E-state index in [0.717, 1.165) is 38.0 Å². The summed E-state index contributed by atoms with van der Waals surface area (Å²) in [5.74, 6) is 0.236. The predicted molar refractivity (Wildman–Crippen MR) is 98.0 cm³/mol. The van der Waals surface area contributed by atoms with E-state index in [0.29, 0.717) is 16.3 Å². The van der Waals surface area contributed by atoms with Gasteiger partial charge >= 0.3 is 0 Å². The lowest BCUT2D eigenvalue weighted by Gasteiger charge is -2.30. The lowest BCUT2D eigenvalue weighted by molar-refractivity contribution is 0.206. The minimum absolute atomic E-state index is 0.100. The summed E-state index contributed by atoms with van der Waals surface area (Å²) in [4.78, 5) is 7.29. The monoisotopic (exact) mass is 373 g/mol. The minimum Gasteiger partial charge on any atom is -0.299 e. The lowest BCUT2D eigenvalue weighted by Crippen LogP contribution is -2.36. The highest BCUT2D eigenvalue weighted by Crippen LogP contribution is 2.24. The molecule has 7 heteroatoms. The van der Waals surface area contributed by atoms with E-state index in [1.54, 1.807) is 18.2 Å². The summed E-state index contributed by atoms with van der Waals surface area (Å²) in [6, 6.07) is 13.6. The molecule has 2 heterocycles. The highest BCUT2D eigenvalue weighted by molar-refractivity contribution is 7.90. The first-order valence-electron chi connectivity index (χ1n) is 8.68. The van der Waals surface area contributed by atoms with Crippen molar-refractivity contribution in [1.82, 2.24) is 9.62 Å². The van der Waals surface area contributed by atoms with Gasteiger partial charge in [0.15, 0.2) is 0 Å². The molecule has 0 atom stereocenters. The Kier molecular flexibility index (Phi) is 4.50. The van der Waals surface area contributed by atoms with Gasteiger partial charge in [-0.2, -0.15) is 0 Å². The Bertz CT molecular complexity index is 934. The van der Waals surface area contributed by atoms with Gasteiger partial charge in [-0.1, -0.05) is 24.3 Å². The van der Waals surface area contributed by atoms with Crippen molar-refractivity contribution in [2.45, 2.75) is 30.3 Å². The summed E-state index contributed by atoms with van der Waals surface area (Å²) in [6.45, 7) is 2.56. The average molecular weight is 373 g/mol. The molecular formula is C19H20FN3O2S. The zero-order valence-corrected chi connectivity index (χ0v) is 15.0. The summed E-state index contributed by atoms with van der Waals surface area (Å²) in [5.41, 5.74) is 1.75. The van der Waals surface area contributed by atoms with Crippen LogP contribution in [-0.2, 0) is 16.6 Å². The van der Waals surface area contributed by atoms with Crippen molar-refractivity contribution >= 4 is 15.9 Å². The Morgan fingerprint density at radius 3 is 2.50 bits per heavy atom. The van der Waals surface area contributed by atoms with Gasteiger partial charge in [0.05, 0.1) is 10.9 Å². The second-order valence-electron chi connectivity index (χ2n) is 6.71. The number of benzene rings is 2. The van der Waals surface area contributed by atoms with Gasteiger partial charge in [-0.25, -0.2) is 12.8 Å². The maximum absolute atomic E-state index is 13.0. The van der Waals surface area contributed by atoms with Gasteiger partial charge in [0.2, 0.25) is 0 Å². The zero-order chi connectivity index (χ0) is 18.1. The molecule has 0 saturated carbocycles. The second-order valence-corrected chi connectivity index (χ2v) is 8.36. The van der Waals surface area contributed by atoms with E-state index in [9.17, 15) is 12.8 Å². The normalized spacial score (nSPS) is 21.5. The molecule has 2 aliphatic heterocycles. The van der Waals surface area contributed by atoms with E-state index in [1.165, 1.54) is 12.1 Å². The Morgan fingerprint density at radius 1 is 1.08 bits per heavy atom. The summed E-state index contributed by atoms with van der Waals surface area (Å²) >= 11 is 0. The number of piperidine rings is 1. The number of hydrogen-bond donors (Lipinski definition) is 1. The maximum Gasteiger partial charge on any atom is 0.263 e. The van der Waals surface area contributed by atoms with Crippen LogP contribution < -0.4 is 4.72 Å². The van der Waals surface area contributed by atoms with Crippen LogP contribution in [0.4, 0.5) is 4.39 Å². The standard InChI is InChI=1S/C19H20FN3O2S/c20-15-7-5-14(6-8-15)13-23-11-9-16(10-12-23)21-19-17-3-1-2-4-18(17)26(24,25)22-19/h1-8,16H,9-13H2,(H,21,22). The topological polar surface area (TPSA) is 61.8 Å². The molecule has 0 radical (unpaired) electrons.